The lowest BCUT2D eigenvalue weighted by Crippen LogP contribution is -2.27. The predicted octanol–water partition coefficient (Wildman–Crippen LogP) is 4.44. The molecule has 4 rings (SSSR count). The van der Waals surface area contributed by atoms with E-state index in [1.807, 2.05) is 25.1 Å². The lowest BCUT2D eigenvalue weighted by molar-refractivity contribution is -0.116. The maximum atomic E-state index is 13.4. The standard InChI is InChI=1S/C21H18ClN3O3/c1-2-28-16-6-4-3-5-14(16)20(27)15-11-17(26)23-21-18(15)19(24-25-21)12-7-9-13(22)10-8-12/h3-10,15H,2,11H2,1H3,(H2,23,24,25,26). The van der Waals surface area contributed by atoms with Gasteiger partial charge in [-0.1, -0.05) is 35.9 Å². The second-order valence-electron chi connectivity index (χ2n) is 6.47. The molecule has 1 aliphatic rings. The fourth-order valence-electron chi connectivity index (χ4n) is 3.46. The van der Waals surface area contributed by atoms with Crippen molar-refractivity contribution in [1.29, 1.82) is 0 Å². The van der Waals surface area contributed by atoms with E-state index in [1.54, 1.807) is 30.3 Å². The number of amides is 1. The number of rotatable bonds is 5. The maximum Gasteiger partial charge on any atom is 0.226 e. The highest BCUT2D eigenvalue weighted by atomic mass is 35.5. The van der Waals surface area contributed by atoms with Crippen LogP contribution in [0.25, 0.3) is 11.3 Å². The van der Waals surface area contributed by atoms with Crippen molar-refractivity contribution >= 4 is 29.1 Å². The summed E-state index contributed by atoms with van der Waals surface area (Å²) in [6.07, 6.45) is 0.0480. The minimum atomic E-state index is -0.658. The lowest BCUT2D eigenvalue weighted by Gasteiger charge is -2.23. The summed E-state index contributed by atoms with van der Waals surface area (Å²) in [5.41, 5.74) is 2.67. The number of carbonyl (C=O) groups is 2. The highest BCUT2D eigenvalue weighted by Gasteiger charge is 2.36. The average Bonchev–Trinajstić information content (AvgIpc) is 3.12. The number of hydrogen-bond donors (Lipinski definition) is 2. The van der Waals surface area contributed by atoms with Crippen LogP contribution in [-0.2, 0) is 4.79 Å². The Bertz CT molecular complexity index is 1040. The van der Waals surface area contributed by atoms with Crippen LogP contribution in [0, 0.1) is 0 Å². The summed E-state index contributed by atoms with van der Waals surface area (Å²) in [5.74, 6) is -0.173. The monoisotopic (exact) mass is 395 g/mol. The van der Waals surface area contributed by atoms with E-state index in [0.717, 1.165) is 5.56 Å². The minimum absolute atomic E-state index is 0.0480. The molecule has 1 unspecified atom stereocenters. The van der Waals surface area contributed by atoms with Gasteiger partial charge in [-0.3, -0.25) is 14.7 Å². The second kappa shape index (κ2) is 7.48. The molecule has 0 radical (unpaired) electrons. The summed E-state index contributed by atoms with van der Waals surface area (Å²) >= 11 is 5.99. The molecular weight excluding hydrogens is 378 g/mol. The topological polar surface area (TPSA) is 84.1 Å². The van der Waals surface area contributed by atoms with Crippen LogP contribution < -0.4 is 10.1 Å². The van der Waals surface area contributed by atoms with E-state index < -0.39 is 5.92 Å². The molecule has 142 valence electrons. The van der Waals surface area contributed by atoms with E-state index >= 15 is 0 Å². The molecule has 0 aliphatic carbocycles. The highest BCUT2D eigenvalue weighted by molar-refractivity contribution is 6.30. The molecule has 2 heterocycles. The molecule has 7 heteroatoms. The van der Waals surface area contributed by atoms with Crippen molar-refractivity contribution in [2.45, 2.75) is 19.3 Å². The van der Waals surface area contributed by atoms with Crippen molar-refractivity contribution in [1.82, 2.24) is 10.2 Å². The number of ether oxygens (including phenoxy) is 1. The summed E-state index contributed by atoms with van der Waals surface area (Å²) in [6, 6.07) is 14.3. The van der Waals surface area contributed by atoms with E-state index in [2.05, 4.69) is 15.5 Å². The molecular formula is C21H18ClN3O3. The molecule has 1 amide bonds. The van der Waals surface area contributed by atoms with Gasteiger partial charge in [0.05, 0.1) is 23.8 Å². The van der Waals surface area contributed by atoms with Crippen molar-refractivity contribution in [3.63, 3.8) is 0 Å². The van der Waals surface area contributed by atoms with Gasteiger partial charge in [0.25, 0.3) is 0 Å². The minimum Gasteiger partial charge on any atom is -0.493 e. The number of aromatic nitrogens is 2. The Balaban J connectivity index is 1.80. The largest absolute Gasteiger partial charge is 0.493 e. The Hall–Kier alpha value is -3.12. The number of nitrogens with zero attached hydrogens (tertiary/aromatic N) is 1. The molecule has 0 bridgehead atoms. The molecule has 2 aromatic carbocycles. The molecule has 1 aromatic heterocycles. The quantitative estimate of drug-likeness (QED) is 0.625. The fourth-order valence-corrected chi connectivity index (χ4v) is 3.58. The van der Waals surface area contributed by atoms with E-state index in [-0.39, 0.29) is 18.1 Å². The Morgan fingerprint density at radius 1 is 1.21 bits per heavy atom. The fraction of sp³-hybridized carbons (Fsp3) is 0.190. The second-order valence-corrected chi connectivity index (χ2v) is 6.90. The number of halogens is 1. The summed E-state index contributed by atoms with van der Waals surface area (Å²) < 4.78 is 5.61. The zero-order valence-electron chi connectivity index (χ0n) is 15.2. The average molecular weight is 396 g/mol. The van der Waals surface area contributed by atoms with Crippen LogP contribution in [0.4, 0.5) is 5.82 Å². The SMILES string of the molecule is CCOc1ccccc1C(=O)C1CC(=O)Nc2n[nH]c(-c3ccc(Cl)cc3)c21. The van der Waals surface area contributed by atoms with E-state index in [0.29, 0.717) is 40.0 Å². The van der Waals surface area contributed by atoms with Gasteiger partial charge in [-0.25, -0.2) is 0 Å². The Morgan fingerprint density at radius 2 is 1.96 bits per heavy atom. The molecule has 0 saturated carbocycles. The molecule has 28 heavy (non-hydrogen) atoms. The number of H-pyrrole nitrogens is 1. The number of fused-ring (bicyclic) bond motifs is 1. The third kappa shape index (κ3) is 3.27. The van der Waals surface area contributed by atoms with Crippen molar-refractivity contribution in [2.24, 2.45) is 0 Å². The third-order valence-corrected chi connectivity index (χ3v) is 4.95. The molecule has 0 spiro atoms. The lowest BCUT2D eigenvalue weighted by atomic mass is 9.84. The normalized spacial score (nSPS) is 15.6. The zero-order valence-corrected chi connectivity index (χ0v) is 15.9. The van der Waals surface area contributed by atoms with Crippen LogP contribution in [0.1, 0.15) is 35.2 Å². The molecule has 0 fully saturated rings. The van der Waals surface area contributed by atoms with Gasteiger partial charge in [-0.05, 0) is 31.2 Å². The van der Waals surface area contributed by atoms with E-state index in [1.165, 1.54) is 0 Å². The number of ketones is 1. The number of hydrogen-bond acceptors (Lipinski definition) is 4. The summed E-state index contributed by atoms with van der Waals surface area (Å²) in [7, 11) is 0. The smallest absolute Gasteiger partial charge is 0.226 e. The van der Waals surface area contributed by atoms with Crippen molar-refractivity contribution in [3.05, 3.63) is 64.7 Å². The Labute approximate surface area is 166 Å². The van der Waals surface area contributed by atoms with Crippen LogP contribution in [0.3, 0.4) is 0 Å². The third-order valence-electron chi connectivity index (χ3n) is 4.70. The van der Waals surface area contributed by atoms with Crippen LogP contribution in [-0.4, -0.2) is 28.5 Å². The van der Waals surface area contributed by atoms with Gasteiger partial charge in [-0.15, -0.1) is 0 Å². The van der Waals surface area contributed by atoms with E-state index in [4.69, 9.17) is 16.3 Å². The van der Waals surface area contributed by atoms with Crippen LogP contribution in [0.5, 0.6) is 5.75 Å². The number of para-hydroxylation sites is 1. The molecule has 1 atom stereocenters. The molecule has 1 aliphatic heterocycles. The first-order chi connectivity index (χ1) is 13.6. The number of benzene rings is 2. The molecule has 2 N–H and O–H groups in total. The van der Waals surface area contributed by atoms with Gasteiger partial charge >= 0.3 is 0 Å². The Morgan fingerprint density at radius 3 is 2.71 bits per heavy atom. The number of anilines is 1. The number of aromatic amines is 1. The van der Waals surface area contributed by atoms with Crippen LogP contribution >= 0.6 is 11.6 Å². The van der Waals surface area contributed by atoms with Gasteiger partial charge in [0.15, 0.2) is 11.6 Å². The first-order valence-corrected chi connectivity index (χ1v) is 9.36. The van der Waals surface area contributed by atoms with Gasteiger partial charge < -0.3 is 10.1 Å². The molecule has 0 saturated heterocycles. The van der Waals surface area contributed by atoms with Crippen LogP contribution in [0.15, 0.2) is 48.5 Å². The maximum absolute atomic E-state index is 13.4. The number of nitrogens with one attached hydrogen (secondary N) is 2. The first kappa shape index (κ1) is 18.3. The summed E-state index contributed by atoms with van der Waals surface area (Å²) in [6.45, 7) is 2.31. The molecule has 3 aromatic rings. The van der Waals surface area contributed by atoms with Crippen molar-refractivity contribution in [3.8, 4) is 17.0 Å². The predicted molar refractivity (Wildman–Crippen MR) is 107 cm³/mol. The summed E-state index contributed by atoms with van der Waals surface area (Å²) in [5, 5.41) is 10.5. The van der Waals surface area contributed by atoms with Gasteiger partial charge in [0.1, 0.15) is 5.75 Å². The Kier molecular flexibility index (Phi) is 4.88. The van der Waals surface area contributed by atoms with Gasteiger partial charge in [-0.2, -0.15) is 5.10 Å². The van der Waals surface area contributed by atoms with Crippen molar-refractivity contribution in [2.75, 3.05) is 11.9 Å². The van der Waals surface area contributed by atoms with Gasteiger partial charge in [0, 0.05) is 22.6 Å². The zero-order chi connectivity index (χ0) is 19.7. The molecule has 6 nitrogen and oxygen atoms in total. The van der Waals surface area contributed by atoms with E-state index in [9.17, 15) is 9.59 Å². The number of carbonyl (C=O) groups excluding carboxylic acids is 2. The van der Waals surface area contributed by atoms with Crippen molar-refractivity contribution < 1.29 is 14.3 Å². The summed E-state index contributed by atoms with van der Waals surface area (Å²) in [4.78, 5) is 25.6. The van der Waals surface area contributed by atoms with Gasteiger partial charge in [0.2, 0.25) is 5.91 Å². The first-order valence-electron chi connectivity index (χ1n) is 8.98. The number of Topliss-reactive ketones (excluding diaryl/α,β-unsaturated/α-hetero) is 1. The highest BCUT2D eigenvalue weighted by Crippen LogP contribution is 2.41. The van der Waals surface area contributed by atoms with Crippen LogP contribution in [0.2, 0.25) is 5.02 Å².